The molecule has 4 heteroatoms. The minimum atomic E-state index is -3.45. The number of unbranched alkanes of at least 4 members (excludes halogenated alkanes) is 4. The van der Waals surface area contributed by atoms with E-state index in [4.69, 9.17) is 3.18 Å². The third-order valence-corrected chi connectivity index (χ3v) is 2.58. The van der Waals surface area contributed by atoms with Crippen LogP contribution in [0.2, 0.25) is 0 Å². The Bertz CT molecular complexity index is 106. The monoisotopic (exact) mass is 238 g/mol. The molecule has 0 rings (SSSR count). The first-order valence-electron chi connectivity index (χ1n) is 4.13. The zero-order chi connectivity index (χ0) is 8.53. The van der Waals surface area contributed by atoms with Gasteiger partial charge in [0.05, 0.1) is 0 Å². The van der Waals surface area contributed by atoms with Crippen molar-refractivity contribution in [2.75, 3.05) is 6.61 Å². The molecule has 11 heavy (non-hydrogen) atoms. The van der Waals surface area contributed by atoms with Crippen molar-refractivity contribution in [3.63, 3.8) is 0 Å². The van der Waals surface area contributed by atoms with E-state index in [0.29, 0.717) is 6.61 Å². The molecule has 0 radical (unpaired) electrons. The van der Waals surface area contributed by atoms with Gasteiger partial charge in [-0.1, -0.05) is 0 Å². The molecule has 1 N–H and O–H groups in total. The molecule has 0 amide bonds. The third kappa shape index (κ3) is 10.6. The maximum atomic E-state index is 10.1. The SMILES string of the molecule is CCCCCCC[O][Zr](=[O])[OH]. The summed E-state index contributed by atoms with van der Waals surface area (Å²) in [5.41, 5.74) is 0. The molecule has 0 atom stereocenters. The van der Waals surface area contributed by atoms with Crippen LogP contribution in [-0.4, -0.2) is 9.79 Å². The fourth-order valence-electron chi connectivity index (χ4n) is 0.865. The topological polar surface area (TPSA) is 46.5 Å². The van der Waals surface area contributed by atoms with Gasteiger partial charge in [0.25, 0.3) is 0 Å². The van der Waals surface area contributed by atoms with Gasteiger partial charge in [0.15, 0.2) is 0 Å². The van der Waals surface area contributed by atoms with Crippen molar-refractivity contribution in [2.45, 2.75) is 39.0 Å². The van der Waals surface area contributed by atoms with E-state index in [1.54, 1.807) is 0 Å². The molecule has 0 aliphatic heterocycles. The van der Waals surface area contributed by atoms with E-state index < -0.39 is 22.6 Å². The summed E-state index contributed by atoms with van der Waals surface area (Å²) in [5, 5.41) is 0. The van der Waals surface area contributed by atoms with Gasteiger partial charge in [-0.2, -0.15) is 0 Å². The van der Waals surface area contributed by atoms with Crippen LogP contribution < -0.4 is 0 Å². The predicted molar refractivity (Wildman–Crippen MR) is 37.6 cm³/mol. The summed E-state index contributed by atoms with van der Waals surface area (Å²) in [6, 6.07) is 0. The molecule has 0 unspecified atom stereocenters. The van der Waals surface area contributed by atoms with E-state index in [0.717, 1.165) is 12.8 Å². The van der Waals surface area contributed by atoms with Crippen LogP contribution in [0.4, 0.5) is 0 Å². The van der Waals surface area contributed by atoms with Crippen molar-refractivity contribution < 1.29 is 31.4 Å². The predicted octanol–water partition coefficient (Wildman–Crippen LogP) is 1.76. The van der Waals surface area contributed by atoms with Gasteiger partial charge in [-0.25, -0.2) is 0 Å². The van der Waals surface area contributed by atoms with Gasteiger partial charge >= 0.3 is 77.1 Å². The Kier molecular flexibility index (Phi) is 9.17. The maximum absolute atomic E-state index is 10.1. The van der Waals surface area contributed by atoms with Crippen molar-refractivity contribution in [1.29, 1.82) is 0 Å². The Morgan fingerprint density at radius 1 is 1.27 bits per heavy atom. The molecular weight excluding hydrogens is 223 g/mol. The molecule has 3 nitrogen and oxygen atoms in total. The van der Waals surface area contributed by atoms with Crippen LogP contribution >= 0.6 is 0 Å². The van der Waals surface area contributed by atoms with Crippen molar-refractivity contribution >= 4 is 0 Å². The first kappa shape index (κ1) is 11.6. The number of hydrogen-bond acceptors (Lipinski definition) is 2. The molecule has 0 fully saturated rings. The first-order chi connectivity index (χ1) is 5.27. The minimum absolute atomic E-state index is 0.471. The second kappa shape index (κ2) is 8.70. The molecule has 0 bridgehead atoms. The normalized spacial score (nSPS) is 10.0. The van der Waals surface area contributed by atoms with Crippen LogP contribution in [0, 0.1) is 0 Å². The van der Waals surface area contributed by atoms with E-state index in [1.165, 1.54) is 19.3 Å². The van der Waals surface area contributed by atoms with Gasteiger partial charge in [0.1, 0.15) is 0 Å². The summed E-state index contributed by atoms with van der Waals surface area (Å²) >= 11 is -3.45. The fourth-order valence-corrected chi connectivity index (χ4v) is 1.65. The van der Waals surface area contributed by atoms with Crippen LogP contribution in [0.3, 0.4) is 0 Å². The van der Waals surface area contributed by atoms with E-state index in [2.05, 4.69) is 9.74 Å². The Labute approximate surface area is 77.1 Å². The van der Waals surface area contributed by atoms with E-state index >= 15 is 0 Å². The number of rotatable bonds is 7. The fraction of sp³-hybridized carbons (Fsp3) is 1.00. The van der Waals surface area contributed by atoms with Crippen LogP contribution in [0.5, 0.6) is 0 Å². The van der Waals surface area contributed by atoms with Crippen LogP contribution in [-0.2, 0) is 28.3 Å². The molecule has 0 saturated carbocycles. The molecule has 0 aromatic carbocycles. The Balaban J connectivity index is 2.85. The molecule has 0 aliphatic carbocycles. The van der Waals surface area contributed by atoms with Crippen molar-refractivity contribution in [2.24, 2.45) is 0 Å². The van der Waals surface area contributed by atoms with Crippen molar-refractivity contribution in [3.05, 3.63) is 0 Å². The standard InChI is InChI=1S/C7H15O.H2O.O.Zr/c1-2-3-4-5-6-7-8;;;/h2-7H2,1H3;1H2;;/q-1;;;+2/p-1. The quantitative estimate of drug-likeness (QED) is 0.689. The Hall–Kier alpha value is 0.603. The van der Waals surface area contributed by atoms with Crippen LogP contribution in [0.15, 0.2) is 0 Å². The summed E-state index contributed by atoms with van der Waals surface area (Å²) < 4.78 is 23.1. The van der Waals surface area contributed by atoms with Crippen LogP contribution in [0.1, 0.15) is 39.0 Å². The molecule has 0 spiro atoms. The summed E-state index contributed by atoms with van der Waals surface area (Å²) in [7, 11) is 0. The Morgan fingerprint density at radius 3 is 2.45 bits per heavy atom. The van der Waals surface area contributed by atoms with E-state index in [9.17, 15) is 2.81 Å². The van der Waals surface area contributed by atoms with Crippen molar-refractivity contribution in [1.82, 2.24) is 0 Å². The van der Waals surface area contributed by atoms with Gasteiger partial charge in [-0.3, -0.25) is 0 Å². The van der Waals surface area contributed by atoms with Gasteiger partial charge in [-0.15, -0.1) is 0 Å². The van der Waals surface area contributed by atoms with E-state index in [1.807, 2.05) is 0 Å². The van der Waals surface area contributed by atoms with Gasteiger partial charge in [0.2, 0.25) is 0 Å². The molecular formula is C7H16O3Zr. The second-order valence-corrected chi connectivity index (χ2v) is 4.55. The summed E-state index contributed by atoms with van der Waals surface area (Å²) in [6.07, 6.45) is 5.73. The van der Waals surface area contributed by atoms with Gasteiger partial charge < -0.3 is 0 Å². The Morgan fingerprint density at radius 2 is 1.91 bits per heavy atom. The van der Waals surface area contributed by atoms with Crippen molar-refractivity contribution in [3.8, 4) is 0 Å². The zero-order valence-corrected chi connectivity index (χ0v) is 9.46. The molecule has 0 aliphatic rings. The summed E-state index contributed by atoms with van der Waals surface area (Å²) in [6.45, 7) is 2.63. The summed E-state index contributed by atoms with van der Waals surface area (Å²) in [4.78, 5) is 0. The molecule has 0 saturated heterocycles. The van der Waals surface area contributed by atoms with Gasteiger partial charge in [0, 0.05) is 0 Å². The average molecular weight is 239 g/mol. The third-order valence-electron chi connectivity index (χ3n) is 1.47. The molecule has 0 aromatic rings. The second-order valence-electron chi connectivity index (χ2n) is 2.53. The van der Waals surface area contributed by atoms with Crippen LogP contribution in [0.25, 0.3) is 0 Å². The van der Waals surface area contributed by atoms with Gasteiger partial charge in [-0.05, 0) is 0 Å². The summed E-state index contributed by atoms with van der Waals surface area (Å²) in [5.74, 6) is 0. The van der Waals surface area contributed by atoms with E-state index in [-0.39, 0.29) is 0 Å². The molecule has 0 aromatic heterocycles. The zero-order valence-electron chi connectivity index (χ0n) is 7.01. The molecule has 0 heterocycles. The molecule has 66 valence electrons. The average Bonchev–Trinajstić information content (AvgIpc) is 1.96. The first-order valence-corrected chi connectivity index (χ1v) is 7.23. The number of hydrogen-bond donors (Lipinski definition) is 1.